The van der Waals surface area contributed by atoms with Gasteiger partial charge in [0.25, 0.3) is 0 Å². The summed E-state index contributed by atoms with van der Waals surface area (Å²) in [6, 6.07) is 0.761. The van der Waals surface area contributed by atoms with Gasteiger partial charge in [-0.1, -0.05) is 26.8 Å². The highest BCUT2D eigenvalue weighted by Gasteiger charge is 2.27. The molecule has 2 aliphatic heterocycles. The first kappa shape index (κ1) is 13.9. The summed E-state index contributed by atoms with van der Waals surface area (Å²) in [5.74, 6) is 0. The highest BCUT2D eigenvalue weighted by Crippen LogP contribution is 2.21. The van der Waals surface area contributed by atoms with Crippen LogP contribution < -0.4 is 0 Å². The van der Waals surface area contributed by atoms with Crippen LogP contribution in [0.5, 0.6) is 0 Å². The third-order valence-corrected chi connectivity index (χ3v) is 4.05. The molecule has 0 saturated carbocycles. The third-order valence-electron chi connectivity index (χ3n) is 4.05. The molecule has 0 aromatic rings. The minimum absolute atomic E-state index is 0.434. The summed E-state index contributed by atoms with van der Waals surface area (Å²) in [6.45, 7) is 12.9. The van der Waals surface area contributed by atoms with Gasteiger partial charge in [-0.2, -0.15) is 0 Å². The predicted molar refractivity (Wildman–Crippen MR) is 77.4 cm³/mol. The predicted octanol–water partition coefficient (Wildman–Crippen LogP) is 2.22. The van der Waals surface area contributed by atoms with Crippen LogP contribution in [-0.4, -0.2) is 60.6 Å². The monoisotopic (exact) mass is 251 g/mol. The molecular formula is C15H29N3. The van der Waals surface area contributed by atoms with Gasteiger partial charge >= 0.3 is 0 Å². The molecule has 2 aliphatic rings. The van der Waals surface area contributed by atoms with E-state index >= 15 is 0 Å². The van der Waals surface area contributed by atoms with Crippen molar-refractivity contribution in [2.24, 2.45) is 5.41 Å². The van der Waals surface area contributed by atoms with Crippen molar-refractivity contribution in [1.82, 2.24) is 14.7 Å². The Kier molecular flexibility index (Phi) is 4.33. The van der Waals surface area contributed by atoms with Gasteiger partial charge in [0.2, 0.25) is 0 Å². The van der Waals surface area contributed by atoms with Crippen molar-refractivity contribution in [2.75, 3.05) is 39.9 Å². The Bertz CT molecular complexity index is 293. The molecule has 1 fully saturated rings. The van der Waals surface area contributed by atoms with E-state index in [-0.39, 0.29) is 0 Å². The third kappa shape index (κ3) is 3.99. The number of nitrogens with zero attached hydrogens (tertiary/aromatic N) is 3. The lowest BCUT2D eigenvalue weighted by Gasteiger charge is -2.37. The molecule has 0 aliphatic carbocycles. The summed E-state index contributed by atoms with van der Waals surface area (Å²) in [6.07, 6.45) is 7.21. The summed E-state index contributed by atoms with van der Waals surface area (Å²) in [4.78, 5) is 7.56. The van der Waals surface area contributed by atoms with Gasteiger partial charge in [0.05, 0.1) is 6.67 Å². The van der Waals surface area contributed by atoms with Gasteiger partial charge in [-0.3, -0.25) is 4.90 Å². The fourth-order valence-corrected chi connectivity index (χ4v) is 2.77. The molecule has 1 atom stereocenters. The summed E-state index contributed by atoms with van der Waals surface area (Å²) in [7, 11) is 2.23. The van der Waals surface area contributed by atoms with E-state index in [1.807, 2.05) is 0 Å². The van der Waals surface area contributed by atoms with Gasteiger partial charge in [0.15, 0.2) is 0 Å². The van der Waals surface area contributed by atoms with Crippen LogP contribution >= 0.6 is 0 Å². The SMILES string of the molecule is CN1CC[C@@H](N2CC=CN(CCC(C)(C)C)C2)C1. The van der Waals surface area contributed by atoms with E-state index in [1.54, 1.807) is 0 Å². The van der Waals surface area contributed by atoms with Crippen molar-refractivity contribution in [3.8, 4) is 0 Å². The van der Waals surface area contributed by atoms with E-state index in [0.29, 0.717) is 5.41 Å². The molecule has 0 unspecified atom stereocenters. The van der Waals surface area contributed by atoms with Crippen molar-refractivity contribution in [3.63, 3.8) is 0 Å². The molecule has 0 N–H and O–H groups in total. The Balaban J connectivity index is 1.81. The standard InChI is InChI=1S/C15H29N3/c1-15(2,3)7-11-17-8-5-9-18(13-17)14-6-10-16(4)12-14/h5,8,14H,6-7,9-13H2,1-4H3/t14-/m1/s1. The highest BCUT2D eigenvalue weighted by molar-refractivity contribution is 4.94. The van der Waals surface area contributed by atoms with Crippen LogP contribution in [0.15, 0.2) is 12.3 Å². The maximum atomic E-state index is 2.63. The van der Waals surface area contributed by atoms with Gasteiger partial charge < -0.3 is 9.80 Å². The molecule has 104 valence electrons. The van der Waals surface area contributed by atoms with Gasteiger partial charge in [0.1, 0.15) is 0 Å². The van der Waals surface area contributed by atoms with Crippen molar-refractivity contribution >= 4 is 0 Å². The maximum Gasteiger partial charge on any atom is 0.0706 e. The second-order valence-electron chi connectivity index (χ2n) is 7.13. The van der Waals surface area contributed by atoms with E-state index in [9.17, 15) is 0 Å². The van der Waals surface area contributed by atoms with Crippen LogP contribution in [0, 0.1) is 5.41 Å². The smallest absolute Gasteiger partial charge is 0.0706 e. The molecule has 0 aromatic heterocycles. The average molecular weight is 251 g/mol. The van der Waals surface area contributed by atoms with Crippen LogP contribution in [0.2, 0.25) is 0 Å². The fraction of sp³-hybridized carbons (Fsp3) is 0.867. The molecule has 3 heteroatoms. The lowest BCUT2D eigenvalue weighted by atomic mass is 9.92. The number of rotatable bonds is 3. The van der Waals surface area contributed by atoms with Crippen molar-refractivity contribution < 1.29 is 0 Å². The van der Waals surface area contributed by atoms with Gasteiger partial charge in [-0.15, -0.1) is 0 Å². The molecule has 2 heterocycles. The Labute approximate surface area is 112 Å². The van der Waals surface area contributed by atoms with Gasteiger partial charge in [-0.05, 0) is 38.0 Å². The second-order valence-corrected chi connectivity index (χ2v) is 7.13. The van der Waals surface area contributed by atoms with Crippen LogP contribution in [0.25, 0.3) is 0 Å². The Morgan fingerprint density at radius 1 is 1.28 bits per heavy atom. The molecule has 3 nitrogen and oxygen atoms in total. The van der Waals surface area contributed by atoms with Gasteiger partial charge in [-0.25, -0.2) is 0 Å². The molecule has 0 aromatic carbocycles. The van der Waals surface area contributed by atoms with Crippen molar-refractivity contribution in [2.45, 2.75) is 39.7 Å². The molecule has 0 bridgehead atoms. The number of hydrogen-bond donors (Lipinski definition) is 0. The lowest BCUT2D eigenvalue weighted by Crippen LogP contribution is -2.46. The minimum Gasteiger partial charge on any atom is -0.365 e. The second kappa shape index (κ2) is 5.62. The average Bonchev–Trinajstić information content (AvgIpc) is 2.73. The molecule has 0 amide bonds. The molecular weight excluding hydrogens is 222 g/mol. The molecule has 18 heavy (non-hydrogen) atoms. The number of hydrogen-bond acceptors (Lipinski definition) is 3. The minimum atomic E-state index is 0.434. The zero-order valence-electron chi connectivity index (χ0n) is 12.5. The van der Waals surface area contributed by atoms with E-state index in [2.05, 4.69) is 54.8 Å². The lowest BCUT2D eigenvalue weighted by molar-refractivity contribution is 0.116. The summed E-state index contributed by atoms with van der Waals surface area (Å²) < 4.78 is 0. The summed E-state index contributed by atoms with van der Waals surface area (Å²) in [5, 5.41) is 0. The van der Waals surface area contributed by atoms with E-state index in [0.717, 1.165) is 19.3 Å². The van der Waals surface area contributed by atoms with Crippen LogP contribution in [0.3, 0.4) is 0 Å². The highest BCUT2D eigenvalue weighted by atomic mass is 15.3. The zero-order valence-corrected chi connectivity index (χ0v) is 12.5. The summed E-state index contributed by atoms with van der Waals surface area (Å²) >= 11 is 0. The Hall–Kier alpha value is -0.540. The van der Waals surface area contributed by atoms with Crippen molar-refractivity contribution in [1.29, 1.82) is 0 Å². The van der Waals surface area contributed by atoms with Crippen LogP contribution in [-0.2, 0) is 0 Å². The number of likely N-dealkylation sites (N-methyl/N-ethyl adjacent to an activating group) is 1. The topological polar surface area (TPSA) is 9.72 Å². The first-order valence-electron chi connectivity index (χ1n) is 7.27. The van der Waals surface area contributed by atoms with Crippen LogP contribution in [0.4, 0.5) is 0 Å². The van der Waals surface area contributed by atoms with Crippen LogP contribution in [0.1, 0.15) is 33.6 Å². The van der Waals surface area contributed by atoms with E-state index in [4.69, 9.17) is 0 Å². The van der Waals surface area contributed by atoms with Crippen molar-refractivity contribution in [3.05, 3.63) is 12.3 Å². The first-order chi connectivity index (χ1) is 8.44. The first-order valence-corrected chi connectivity index (χ1v) is 7.27. The largest absolute Gasteiger partial charge is 0.365 e. The Morgan fingerprint density at radius 2 is 2.06 bits per heavy atom. The molecule has 1 saturated heterocycles. The van der Waals surface area contributed by atoms with Gasteiger partial charge in [0, 0.05) is 25.7 Å². The molecule has 0 spiro atoms. The van der Waals surface area contributed by atoms with E-state index < -0.39 is 0 Å². The number of likely N-dealkylation sites (tertiary alicyclic amines) is 1. The zero-order chi connectivity index (χ0) is 13.2. The Morgan fingerprint density at radius 3 is 2.67 bits per heavy atom. The molecule has 2 rings (SSSR count). The normalized spacial score (nSPS) is 27.1. The quantitative estimate of drug-likeness (QED) is 0.761. The molecule has 0 radical (unpaired) electrons. The summed E-state index contributed by atoms with van der Waals surface area (Å²) in [5.41, 5.74) is 0.434. The fourth-order valence-electron chi connectivity index (χ4n) is 2.77. The maximum absolute atomic E-state index is 2.63. The van der Waals surface area contributed by atoms with E-state index in [1.165, 1.54) is 32.5 Å².